The van der Waals surface area contributed by atoms with Crippen LogP contribution >= 0.6 is 0 Å². The predicted octanol–water partition coefficient (Wildman–Crippen LogP) is 3.42. The normalized spacial score (nSPS) is 14.5. The Morgan fingerprint density at radius 1 is 1.29 bits per heavy atom. The van der Waals surface area contributed by atoms with Gasteiger partial charge in [-0.15, -0.1) is 0 Å². The Kier molecular flexibility index (Phi) is 4.46. The molecule has 1 amide bonds. The number of carbonyl (C=O) groups is 1. The molecule has 1 heterocycles. The van der Waals surface area contributed by atoms with Crippen LogP contribution in [0.15, 0.2) is 34.9 Å². The van der Waals surface area contributed by atoms with Gasteiger partial charge in [0.2, 0.25) is 0 Å². The molecule has 0 atom stereocenters. The molecule has 1 aliphatic carbocycles. The number of carbonyl (C=O) groups excluding carboxylic acids is 1. The van der Waals surface area contributed by atoms with Gasteiger partial charge in [0, 0.05) is 18.5 Å². The van der Waals surface area contributed by atoms with Crippen LogP contribution in [0.2, 0.25) is 0 Å². The van der Waals surface area contributed by atoms with Crippen LogP contribution in [-0.4, -0.2) is 23.8 Å². The van der Waals surface area contributed by atoms with Crippen molar-refractivity contribution in [2.75, 3.05) is 6.61 Å². The summed E-state index contributed by atoms with van der Waals surface area (Å²) in [4.78, 5) is 12.0. The summed E-state index contributed by atoms with van der Waals surface area (Å²) in [5.74, 6) is 0.866. The van der Waals surface area contributed by atoms with Crippen LogP contribution in [0, 0.1) is 0 Å². The first-order valence-corrected chi connectivity index (χ1v) is 7.44. The van der Waals surface area contributed by atoms with E-state index in [0.717, 1.165) is 24.2 Å². The molecule has 1 fully saturated rings. The molecule has 0 spiro atoms. The zero-order valence-electron chi connectivity index (χ0n) is 12.6. The lowest BCUT2D eigenvalue weighted by Gasteiger charge is -2.09. The molecule has 1 aromatic heterocycles. The van der Waals surface area contributed by atoms with Crippen molar-refractivity contribution in [3.05, 3.63) is 47.3 Å². The molecule has 24 heavy (non-hydrogen) atoms. The van der Waals surface area contributed by atoms with Gasteiger partial charge in [0.25, 0.3) is 5.91 Å². The van der Waals surface area contributed by atoms with Gasteiger partial charge in [-0.2, -0.15) is 13.2 Å². The lowest BCUT2D eigenvalue weighted by atomic mass is 10.2. The Labute approximate surface area is 135 Å². The SMILES string of the molecule is O=C(NCc1ccc(OCC(F)(F)F)cc1)c1cc(C2CC2)on1. The van der Waals surface area contributed by atoms with Crippen LogP contribution in [0.3, 0.4) is 0 Å². The second kappa shape index (κ2) is 6.54. The van der Waals surface area contributed by atoms with Crippen LogP contribution in [0.1, 0.15) is 40.6 Å². The van der Waals surface area contributed by atoms with Crippen molar-refractivity contribution in [3.63, 3.8) is 0 Å². The van der Waals surface area contributed by atoms with Crippen molar-refractivity contribution in [1.29, 1.82) is 0 Å². The van der Waals surface area contributed by atoms with E-state index in [1.165, 1.54) is 12.1 Å². The molecule has 1 aromatic carbocycles. The van der Waals surface area contributed by atoms with Gasteiger partial charge in [-0.25, -0.2) is 0 Å². The molecule has 8 heteroatoms. The van der Waals surface area contributed by atoms with Crippen LogP contribution in [-0.2, 0) is 6.54 Å². The Bertz CT molecular complexity index is 706. The first kappa shape index (κ1) is 16.4. The monoisotopic (exact) mass is 340 g/mol. The van der Waals surface area contributed by atoms with Gasteiger partial charge in [0.1, 0.15) is 11.5 Å². The van der Waals surface area contributed by atoms with Crippen LogP contribution in [0.25, 0.3) is 0 Å². The minimum Gasteiger partial charge on any atom is -0.484 e. The van der Waals surface area contributed by atoms with E-state index in [0.29, 0.717) is 5.92 Å². The molecule has 0 bridgehead atoms. The van der Waals surface area contributed by atoms with E-state index >= 15 is 0 Å². The fourth-order valence-electron chi connectivity index (χ4n) is 2.10. The summed E-state index contributed by atoms with van der Waals surface area (Å²) in [6.45, 7) is -1.11. The lowest BCUT2D eigenvalue weighted by Crippen LogP contribution is -2.23. The molecular formula is C16H15F3N2O3. The molecule has 0 aliphatic heterocycles. The van der Waals surface area contributed by atoms with Gasteiger partial charge < -0.3 is 14.6 Å². The molecule has 0 saturated heterocycles. The highest BCUT2D eigenvalue weighted by Crippen LogP contribution is 2.40. The fourth-order valence-corrected chi connectivity index (χ4v) is 2.10. The molecule has 1 aliphatic rings. The Balaban J connectivity index is 1.49. The van der Waals surface area contributed by atoms with E-state index in [1.807, 2.05) is 0 Å². The maximum absolute atomic E-state index is 12.1. The first-order valence-electron chi connectivity index (χ1n) is 7.44. The summed E-state index contributed by atoms with van der Waals surface area (Å²) in [5.41, 5.74) is 0.954. The third kappa shape index (κ3) is 4.50. The average molecular weight is 340 g/mol. The Hall–Kier alpha value is -2.51. The minimum absolute atomic E-state index is 0.118. The number of alkyl halides is 3. The van der Waals surface area contributed by atoms with E-state index in [4.69, 9.17) is 4.52 Å². The molecule has 5 nitrogen and oxygen atoms in total. The number of nitrogens with zero attached hydrogens (tertiary/aromatic N) is 1. The second-order valence-electron chi connectivity index (χ2n) is 5.62. The minimum atomic E-state index is -4.37. The zero-order chi connectivity index (χ0) is 17.2. The first-order chi connectivity index (χ1) is 11.4. The summed E-state index contributed by atoms with van der Waals surface area (Å²) in [6.07, 6.45) is -2.26. The maximum Gasteiger partial charge on any atom is 0.422 e. The summed E-state index contributed by atoms with van der Waals surface area (Å²) in [7, 11) is 0. The lowest BCUT2D eigenvalue weighted by molar-refractivity contribution is -0.153. The number of ether oxygens (including phenoxy) is 1. The number of hydrogen-bond donors (Lipinski definition) is 1. The summed E-state index contributed by atoms with van der Waals surface area (Å²) < 4.78 is 45.9. The molecule has 1 saturated carbocycles. The molecule has 0 unspecified atom stereocenters. The van der Waals surface area contributed by atoms with E-state index in [2.05, 4.69) is 15.2 Å². The van der Waals surface area contributed by atoms with E-state index in [1.54, 1.807) is 18.2 Å². The van der Waals surface area contributed by atoms with E-state index in [9.17, 15) is 18.0 Å². The van der Waals surface area contributed by atoms with Crippen molar-refractivity contribution in [2.45, 2.75) is 31.5 Å². The van der Waals surface area contributed by atoms with Crippen molar-refractivity contribution in [2.24, 2.45) is 0 Å². The highest BCUT2D eigenvalue weighted by molar-refractivity contribution is 5.92. The van der Waals surface area contributed by atoms with Crippen LogP contribution in [0.5, 0.6) is 5.75 Å². The fraction of sp³-hybridized carbons (Fsp3) is 0.375. The summed E-state index contributed by atoms with van der Waals surface area (Å²) in [5, 5.41) is 6.42. The number of aromatic nitrogens is 1. The van der Waals surface area contributed by atoms with Crippen molar-refractivity contribution >= 4 is 5.91 Å². The van der Waals surface area contributed by atoms with Gasteiger partial charge in [-0.05, 0) is 30.5 Å². The molecule has 3 rings (SSSR count). The van der Waals surface area contributed by atoms with Crippen molar-refractivity contribution in [3.8, 4) is 5.75 Å². The Morgan fingerprint density at radius 2 is 2.00 bits per heavy atom. The maximum atomic E-state index is 12.1. The van der Waals surface area contributed by atoms with E-state index in [-0.39, 0.29) is 23.9 Å². The molecule has 0 radical (unpaired) electrons. The molecule has 2 aromatic rings. The quantitative estimate of drug-likeness (QED) is 0.875. The number of rotatable bonds is 6. The highest BCUT2D eigenvalue weighted by atomic mass is 19.4. The molecule has 128 valence electrons. The van der Waals surface area contributed by atoms with Gasteiger partial charge >= 0.3 is 6.18 Å². The number of nitrogens with one attached hydrogen (secondary N) is 1. The standard InChI is InChI=1S/C16H15F3N2O3/c17-16(18,19)9-23-12-5-1-10(2-6-12)8-20-15(22)13-7-14(24-21-13)11-3-4-11/h1-2,5-7,11H,3-4,8-9H2,(H,20,22). The zero-order valence-corrected chi connectivity index (χ0v) is 12.6. The number of amides is 1. The van der Waals surface area contributed by atoms with Gasteiger partial charge in [0.05, 0.1) is 0 Å². The molecule has 1 N–H and O–H groups in total. The van der Waals surface area contributed by atoms with Gasteiger partial charge in [-0.3, -0.25) is 4.79 Å². The van der Waals surface area contributed by atoms with Gasteiger partial charge in [-0.1, -0.05) is 17.3 Å². The highest BCUT2D eigenvalue weighted by Gasteiger charge is 2.29. The predicted molar refractivity (Wildman–Crippen MR) is 77.6 cm³/mol. The van der Waals surface area contributed by atoms with Crippen LogP contribution < -0.4 is 10.1 Å². The average Bonchev–Trinajstić information content (AvgIpc) is 3.28. The van der Waals surface area contributed by atoms with Crippen LogP contribution in [0.4, 0.5) is 13.2 Å². The third-order valence-electron chi connectivity index (χ3n) is 3.52. The number of benzene rings is 1. The second-order valence-corrected chi connectivity index (χ2v) is 5.62. The largest absolute Gasteiger partial charge is 0.484 e. The summed E-state index contributed by atoms with van der Waals surface area (Å²) >= 11 is 0. The van der Waals surface area contributed by atoms with Crippen molar-refractivity contribution in [1.82, 2.24) is 10.5 Å². The summed E-state index contributed by atoms with van der Waals surface area (Å²) in [6, 6.07) is 7.67. The topological polar surface area (TPSA) is 64.4 Å². The van der Waals surface area contributed by atoms with Crippen molar-refractivity contribution < 1.29 is 27.2 Å². The third-order valence-corrected chi connectivity index (χ3v) is 3.52. The van der Waals surface area contributed by atoms with E-state index < -0.39 is 12.8 Å². The van der Waals surface area contributed by atoms with Gasteiger partial charge in [0.15, 0.2) is 12.3 Å². The number of hydrogen-bond acceptors (Lipinski definition) is 4. The smallest absolute Gasteiger partial charge is 0.422 e. The Morgan fingerprint density at radius 3 is 2.62 bits per heavy atom. The molecular weight excluding hydrogens is 325 g/mol. The number of halogens is 3.